The molecule has 0 saturated carbocycles. The Hall–Kier alpha value is -4.46. The van der Waals surface area contributed by atoms with Crippen LogP contribution in [0.4, 0.5) is 11.4 Å². The van der Waals surface area contributed by atoms with Gasteiger partial charge in [0.1, 0.15) is 0 Å². The van der Waals surface area contributed by atoms with Gasteiger partial charge in [0.2, 0.25) is 11.8 Å². The second-order valence-corrected chi connectivity index (χ2v) is 8.27. The Balaban J connectivity index is 1.70. The molecular weight excluding hydrogens is 458 g/mol. The van der Waals surface area contributed by atoms with Crippen LogP contribution >= 0.6 is 0 Å². The second-order valence-electron chi connectivity index (χ2n) is 8.27. The zero-order valence-corrected chi connectivity index (χ0v) is 20.3. The molecule has 0 aliphatic rings. The van der Waals surface area contributed by atoms with Crippen molar-refractivity contribution in [3.8, 4) is 0 Å². The van der Waals surface area contributed by atoms with Crippen molar-refractivity contribution in [3.63, 3.8) is 0 Å². The summed E-state index contributed by atoms with van der Waals surface area (Å²) in [5, 5.41) is 5.17. The van der Waals surface area contributed by atoms with Gasteiger partial charge in [0, 0.05) is 38.3 Å². The molecule has 0 unspecified atom stereocenters. The fourth-order valence-corrected chi connectivity index (χ4v) is 3.60. The van der Waals surface area contributed by atoms with Crippen LogP contribution in [-0.4, -0.2) is 41.7 Å². The highest BCUT2D eigenvalue weighted by atomic mass is 16.5. The Labute approximate surface area is 210 Å². The molecule has 0 aromatic heterocycles. The average molecular weight is 488 g/mol. The van der Waals surface area contributed by atoms with E-state index in [9.17, 15) is 19.2 Å². The molecule has 186 valence electrons. The number of esters is 1. The lowest BCUT2D eigenvalue weighted by atomic mass is 10.1. The second kappa shape index (κ2) is 12.9. The van der Waals surface area contributed by atoms with E-state index in [0.29, 0.717) is 30.9 Å². The predicted octanol–water partition coefficient (Wildman–Crippen LogP) is 4.03. The maximum Gasteiger partial charge on any atom is 0.338 e. The van der Waals surface area contributed by atoms with Crippen LogP contribution in [0.5, 0.6) is 0 Å². The summed E-state index contributed by atoms with van der Waals surface area (Å²) in [4.78, 5) is 50.4. The molecule has 3 rings (SSSR count). The number of ether oxygens (including phenoxy) is 1. The highest BCUT2D eigenvalue weighted by molar-refractivity contribution is 5.98. The van der Waals surface area contributed by atoms with Crippen molar-refractivity contribution in [3.05, 3.63) is 95.6 Å². The first-order valence-corrected chi connectivity index (χ1v) is 11.5. The van der Waals surface area contributed by atoms with Gasteiger partial charge in [-0.2, -0.15) is 0 Å². The molecule has 0 aliphatic heterocycles. The van der Waals surface area contributed by atoms with Crippen molar-refractivity contribution in [2.75, 3.05) is 23.8 Å². The third kappa shape index (κ3) is 8.39. The van der Waals surface area contributed by atoms with Crippen LogP contribution in [0.15, 0.2) is 78.9 Å². The SMILES string of the molecule is CC(=O)Nc1cc(NC(C)=O)cc(C(=O)OCC(=O)N(CCc2ccccc2)Cc2ccccc2)c1. The molecule has 0 radical (unpaired) electrons. The number of hydrogen-bond donors (Lipinski definition) is 2. The number of rotatable bonds is 10. The van der Waals surface area contributed by atoms with Gasteiger partial charge in [-0.25, -0.2) is 4.79 Å². The van der Waals surface area contributed by atoms with Crippen LogP contribution in [0, 0.1) is 0 Å². The molecule has 2 N–H and O–H groups in total. The van der Waals surface area contributed by atoms with Crippen LogP contribution in [0.1, 0.15) is 35.3 Å². The van der Waals surface area contributed by atoms with E-state index in [2.05, 4.69) is 10.6 Å². The van der Waals surface area contributed by atoms with E-state index in [0.717, 1.165) is 11.1 Å². The molecule has 3 amide bonds. The lowest BCUT2D eigenvalue weighted by molar-refractivity contribution is -0.135. The monoisotopic (exact) mass is 487 g/mol. The van der Waals surface area contributed by atoms with Gasteiger partial charge in [-0.1, -0.05) is 60.7 Å². The van der Waals surface area contributed by atoms with Crippen LogP contribution < -0.4 is 10.6 Å². The Kier molecular flexibility index (Phi) is 9.33. The smallest absolute Gasteiger partial charge is 0.338 e. The molecule has 0 spiro atoms. The molecule has 36 heavy (non-hydrogen) atoms. The number of amides is 3. The van der Waals surface area contributed by atoms with E-state index in [1.54, 1.807) is 4.90 Å². The highest BCUT2D eigenvalue weighted by Gasteiger charge is 2.18. The van der Waals surface area contributed by atoms with E-state index in [-0.39, 0.29) is 23.3 Å². The maximum atomic E-state index is 13.1. The minimum Gasteiger partial charge on any atom is -0.452 e. The fraction of sp³-hybridized carbons (Fsp3) is 0.214. The largest absolute Gasteiger partial charge is 0.452 e. The minimum atomic E-state index is -0.745. The maximum absolute atomic E-state index is 13.1. The molecule has 0 aliphatic carbocycles. The van der Waals surface area contributed by atoms with Crippen LogP contribution in [0.3, 0.4) is 0 Å². The van der Waals surface area contributed by atoms with Crippen molar-refractivity contribution in [1.82, 2.24) is 4.90 Å². The zero-order valence-electron chi connectivity index (χ0n) is 20.3. The third-order valence-electron chi connectivity index (χ3n) is 5.22. The molecule has 0 atom stereocenters. The van der Waals surface area contributed by atoms with E-state index < -0.39 is 12.6 Å². The van der Waals surface area contributed by atoms with Crippen LogP contribution in [-0.2, 0) is 32.1 Å². The van der Waals surface area contributed by atoms with Gasteiger partial charge in [-0.3, -0.25) is 14.4 Å². The lowest BCUT2D eigenvalue weighted by Crippen LogP contribution is -2.35. The van der Waals surface area contributed by atoms with Crippen molar-refractivity contribution in [2.45, 2.75) is 26.8 Å². The summed E-state index contributed by atoms with van der Waals surface area (Å²) in [6, 6.07) is 23.8. The number of benzene rings is 3. The number of carbonyl (C=O) groups excluding carboxylic acids is 4. The normalized spacial score (nSPS) is 10.3. The van der Waals surface area contributed by atoms with Gasteiger partial charge in [0.25, 0.3) is 5.91 Å². The number of nitrogens with one attached hydrogen (secondary N) is 2. The van der Waals surface area contributed by atoms with E-state index in [1.165, 1.54) is 32.0 Å². The van der Waals surface area contributed by atoms with Crippen molar-refractivity contribution in [1.29, 1.82) is 0 Å². The number of anilines is 2. The van der Waals surface area contributed by atoms with Gasteiger partial charge in [0.15, 0.2) is 6.61 Å². The standard InChI is InChI=1S/C28H29N3O5/c1-20(32)29-25-15-24(16-26(17-25)30-21(2)33)28(35)36-19-27(34)31(18-23-11-7-4-8-12-23)14-13-22-9-5-3-6-10-22/h3-12,15-17H,13-14,18-19H2,1-2H3,(H,29,32)(H,30,33). The van der Waals surface area contributed by atoms with E-state index >= 15 is 0 Å². The quantitative estimate of drug-likeness (QED) is 0.420. The lowest BCUT2D eigenvalue weighted by Gasteiger charge is -2.23. The van der Waals surface area contributed by atoms with Gasteiger partial charge in [-0.15, -0.1) is 0 Å². The molecule has 3 aromatic rings. The number of nitrogens with zero attached hydrogens (tertiary/aromatic N) is 1. The van der Waals surface area contributed by atoms with Crippen molar-refractivity contribution < 1.29 is 23.9 Å². The molecule has 0 saturated heterocycles. The molecule has 8 nitrogen and oxygen atoms in total. The summed E-state index contributed by atoms with van der Waals surface area (Å²) in [5.74, 6) is -1.74. The zero-order chi connectivity index (χ0) is 25.9. The van der Waals surface area contributed by atoms with E-state index in [4.69, 9.17) is 4.74 Å². The topological polar surface area (TPSA) is 105 Å². The van der Waals surface area contributed by atoms with Gasteiger partial charge < -0.3 is 20.3 Å². The Morgan fingerprint density at radius 3 is 1.81 bits per heavy atom. The summed E-state index contributed by atoms with van der Waals surface area (Å²) in [6.45, 7) is 3.06. The minimum absolute atomic E-state index is 0.0942. The first-order chi connectivity index (χ1) is 17.3. The number of hydrogen-bond acceptors (Lipinski definition) is 5. The Bertz CT molecular complexity index is 1180. The summed E-state index contributed by atoms with van der Waals surface area (Å²) >= 11 is 0. The Morgan fingerprint density at radius 1 is 0.750 bits per heavy atom. The molecule has 0 bridgehead atoms. The molecule has 0 fully saturated rings. The first-order valence-electron chi connectivity index (χ1n) is 11.5. The average Bonchev–Trinajstić information content (AvgIpc) is 2.85. The Morgan fingerprint density at radius 2 is 1.28 bits per heavy atom. The van der Waals surface area contributed by atoms with Crippen LogP contribution in [0.2, 0.25) is 0 Å². The molecule has 8 heteroatoms. The van der Waals surface area contributed by atoms with Crippen molar-refractivity contribution >= 4 is 35.1 Å². The van der Waals surface area contributed by atoms with Crippen molar-refractivity contribution in [2.24, 2.45) is 0 Å². The third-order valence-corrected chi connectivity index (χ3v) is 5.22. The fourth-order valence-electron chi connectivity index (χ4n) is 3.60. The highest BCUT2D eigenvalue weighted by Crippen LogP contribution is 2.20. The van der Waals surface area contributed by atoms with Gasteiger partial charge in [0.05, 0.1) is 5.56 Å². The predicted molar refractivity (Wildman–Crippen MR) is 137 cm³/mol. The first kappa shape index (κ1) is 26.2. The molecule has 0 heterocycles. The number of carbonyl (C=O) groups is 4. The molecule has 3 aromatic carbocycles. The van der Waals surface area contributed by atoms with E-state index in [1.807, 2.05) is 60.7 Å². The summed E-state index contributed by atoms with van der Waals surface area (Å²) in [6.07, 6.45) is 0.659. The van der Waals surface area contributed by atoms with Gasteiger partial charge >= 0.3 is 5.97 Å². The molecular formula is C28H29N3O5. The summed E-state index contributed by atoms with van der Waals surface area (Å²) in [7, 11) is 0. The summed E-state index contributed by atoms with van der Waals surface area (Å²) < 4.78 is 5.32. The van der Waals surface area contributed by atoms with Crippen LogP contribution in [0.25, 0.3) is 0 Å². The van der Waals surface area contributed by atoms with Gasteiger partial charge in [-0.05, 0) is 35.7 Å². The summed E-state index contributed by atoms with van der Waals surface area (Å²) in [5.41, 5.74) is 2.80.